The molecule has 0 bridgehead atoms. The predicted molar refractivity (Wildman–Crippen MR) is 115 cm³/mol. The third kappa shape index (κ3) is 6.47. The third-order valence-electron chi connectivity index (χ3n) is 5.24. The number of anilines is 1. The van der Waals surface area contributed by atoms with Crippen LogP contribution in [-0.4, -0.2) is 31.1 Å². The predicted octanol–water partition coefficient (Wildman–Crippen LogP) is 4.13. The molecule has 2 amide bonds. The number of amides is 2. The van der Waals surface area contributed by atoms with E-state index >= 15 is 0 Å². The molecule has 0 aromatic heterocycles. The summed E-state index contributed by atoms with van der Waals surface area (Å²) in [6.45, 7) is 12.0. The normalized spacial score (nSPS) is 17.8. The van der Waals surface area contributed by atoms with Crippen LogP contribution < -0.4 is 15.4 Å². The molecule has 2 rings (SSSR count). The molecule has 1 aromatic rings. The van der Waals surface area contributed by atoms with Crippen LogP contribution in [0.3, 0.4) is 0 Å². The average Bonchev–Trinajstić information content (AvgIpc) is 2.59. The number of para-hydroxylation sites is 1. The van der Waals surface area contributed by atoms with Crippen LogP contribution in [0.1, 0.15) is 71.2 Å². The van der Waals surface area contributed by atoms with E-state index in [-0.39, 0.29) is 46.8 Å². The van der Waals surface area contributed by atoms with Crippen LogP contribution in [0.25, 0.3) is 0 Å². The molecule has 7 heteroatoms. The molecule has 0 unspecified atom stereocenters. The number of rotatable bonds is 8. The van der Waals surface area contributed by atoms with E-state index in [0.29, 0.717) is 12.1 Å². The Morgan fingerprint density at radius 3 is 2.37 bits per heavy atom. The first-order valence-corrected chi connectivity index (χ1v) is 10.4. The van der Waals surface area contributed by atoms with Gasteiger partial charge in [0.15, 0.2) is 5.75 Å². The smallest absolute Gasteiger partial charge is 0.311 e. The van der Waals surface area contributed by atoms with E-state index in [0.717, 1.165) is 19.3 Å². The molecule has 1 aliphatic carbocycles. The fourth-order valence-corrected chi connectivity index (χ4v) is 4.57. The van der Waals surface area contributed by atoms with Gasteiger partial charge in [0.2, 0.25) is 13.2 Å². The Labute approximate surface area is 178 Å². The maximum absolute atomic E-state index is 13.1. The molecule has 0 spiro atoms. The maximum Gasteiger partial charge on any atom is 0.311 e. The second kappa shape index (κ2) is 9.49. The highest BCUT2D eigenvalue weighted by Gasteiger charge is 2.39. The number of benzene rings is 1. The van der Waals surface area contributed by atoms with Gasteiger partial charge in [-0.2, -0.15) is 0 Å². The zero-order valence-corrected chi connectivity index (χ0v) is 18.8. The summed E-state index contributed by atoms with van der Waals surface area (Å²) in [6, 6.07) is 4.95. The Balaban J connectivity index is 2.20. The second-order valence-corrected chi connectivity index (χ2v) is 9.91. The monoisotopic (exact) mass is 418 g/mol. The molecule has 2 N–H and O–H groups in total. The standard InChI is InChI=1S/C23H34N2O5/c1-15(2)21(28)30-14-29-19-17(8-7-9-18(19)24-13-26)20(27)25-16-10-22(3,4)12-23(5,6)11-16/h7-9,13,15-16H,10-12,14H2,1-6H3,(H,24,26)(H,25,27). The van der Waals surface area contributed by atoms with Gasteiger partial charge in [-0.3, -0.25) is 14.4 Å². The fraction of sp³-hybridized carbons (Fsp3) is 0.609. The summed E-state index contributed by atoms with van der Waals surface area (Å²) < 4.78 is 10.7. The highest BCUT2D eigenvalue weighted by molar-refractivity contribution is 5.99. The highest BCUT2D eigenvalue weighted by atomic mass is 16.7. The molecule has 30 heavy (non-hydrogen) atoms. The molecule has 1 fully saturated rings. The zero-order chi connectivity index (χ0) is 22.5. The van der Waals surface area contributed by atoms with Crippen molar-refractivity contribution in [2.75, 3.05) is 12.1 Å². The number of nitrogens with one attached hydrogen (secondary N) is 2. The van der Waals surface area contributed by atoms with Crippen molar-refractivity contribution < 1.29 is 23.9 Å². The Hall–Kier alpha value is -2.57. The lowest BCUT2D eigenvalue weighted by molar-refractivity contribution is -0.153. The van der Waals surface area contributed by atoms with Crippen LogP contribution in [-0.2, 0) is 14.3 Å². The lowest BCUT2D eigenvalue weighted by atomic mass is 9.63. The molecule has 0 aliphatic heterocycles. The van der Waals surface area contributed by atoms with Crippen LogP contribution in [0.4, 0.5) is 5.69 Å². The molecule has 0 heterocycles. The molecule has 0 atom stereocenters. The molecule has 0 radical (unpaired) electrons. The minimum absolute atomic E-state index is 0.0329. The molecular weight excluding hydrogens is 384 g/mol. The number of esters is 1. The molecule has 0 saturated heterocycles. The average molecular weight is 419 g/mol. The minimum Gasteiger partial charge on any atom is -0.454 e. The van der Waals surface area contributed by atoms with Crippen LogP contribution in [0, 0.1) is 16.7 Å². The summed E-state index contributed by atoms with van der Waals surface area (Å²) in [5.74, 6) is -0.813. The number of hydrogen-bond acceptors (Lipinski definition) is 5. The minimum atomic E-state index is -0.409. The van der Waals surface area contributed by atoms with E-state index in [2.05, 4.69) is 38.3 Å². The number of carbonyl (C=O) groups is 3. The van der Waals surface area contributed by atoms with Crippen molar-refractivity contribution in [2.45, 2.75) is 66.8 Å². The van der Waals surface area contributed by atoms with Crippen LogP contribution in [0.2, 0.25) is 0 Å². The second-order valence-electron chi connectivity index (χ2n) is 9.91. The zero-order valence-electron chi connectivity index (χ0n) is 18.8. The number of carbonyl (C=O) groups excluding carboxylic acids is 3. The number of hydrogen-bond donors (Lipinski definition) is 2. The van der Waals surface area contributed by atoms with Crippen molar-refractivity contribution in [3.8, 4) is 5.75 Å². The summed E-state index contributed by atoms with van der Waals surface area (Å²) in [4.78, 5) is 35.8. The third-order valence-corrected chi connectivity index (χ3v) is 5.24. The first kappa shape index (κ1) is 23.7. The van der Waals surface area contributed by atoms with E-state index in [1.807, 2.05) is 0 Å². The van der Waals surface area contributed by atoms with Crippen molar-refractivity contribution in [3.63, 3.8) is 0 Å². The number of ether oxygens (including phenoxy) is 2. The van der Waals surface area contributed by atoms with E-state index in [9.17, 15) is 14.4 Å². The lowest BCUT2D eigenvalue weighted by Gasteiger charge is -2.45. The summed E-state index contributed by atoms with van der Waals surface area (Å²) in [5.41, 5.74) is 0.877. The summed E-state index contributed by atoms with van der Waals surface area (Å²) >= 11 is 0. The van der Waals surface area contributed by atoms with Crippen molar-refractivity contribution in [3.05, 3.63) is 23.8 Å². The molecule has 7 nitrogen and oxygen atoms in total. The van der Waals surface area contributed by atoms with Gasteiger partial charge in [-0.15, -0.1) is 0 Å². The van der Waals surface area contributed by atoms with Gasteiger partial charge < -0.3 is 20.1 Å². The Kier molecular flexibility index (Phi) is 7.50. The lowest BCUT2D eigenvalue weighted by Crippen LogP contribution is -2.46. The van der Waals surface area contributed by atoms with Gasteiger partial charge in [0, 0.05) is 6.04 Å². The SMILES string of the molecule is CC(C)C(=O)OCOc1c(NC=O)cccc1C(=O)NC1CC(C)(C)CC(C)(C)C1. The first-order chi connectivity index (χ1) is 13.9. The molecular formula is C23H34N2O5. The van der Waals surface area contributed by atoms with E-state index in [1.54, 1.807) is 32.0 Å². The van der Waals surface area contributed by atoms with Gasteiger partial charge in [-0.25, -0.2) is 0 Å². The van der Waals surface area contributed by atoms with Gasteiger partial charge in [0.1, 0.15) is 0 Å². The summed E-state index contributed by atoms with van der Waals surface area (Å²) in [7, 11) is 0. The van der Waals surface area contributed by atoms with E-state index in [1.165, 1.54) is 0 Å². The Morgan fingerprint density at radius 1 is 1.17 bits per heavy atom. The van der Waals surface area contributed by atoms with Crippen molar-refractivity contribution in [2.24, 2.45) is 16.7 Å². The largest absolute Gasteiger partial charge is 0.454 e. The van der Waals surface area contributed by atoms with E-state index < -0.39 is 5.97 Å². The topological polar surface area (TPSA) is 93.7 Å². The molecule has 1 saturated carbocycles. The fourth-order valence-electron chi connectivity index (χ4n) is 4.57. The van der Waals surface area contributed by atoms with Crippen LogP contribution >= 0.6 is 0 Å². The molecule has 1 aliphatic rings. The Morgan fingerprint density at radius 2 is 1.80 bits per heavy atom. The maximum atomic E-state index is 13.1. The van der Waals surface area contributed by atoms with Crippen molar-refractivity contribution in [1.29, 1.82) is 0 Å². The summed E-state index contributed by atoms with van der Waals surface area (Å²) in [5, 5.41) is 5.67. The quantitative estimate of drug-likeness (QED) is 0.376. The Bertz CT molecular complexity index is 770. The summed E-state index contributed by atoms with van der Waals surface area (Å²) in [6.07, 6.45) is 3.38. The van der Waals surface area contributed by atoms with Crippen LogP contribution in [0.15, 0.2) is 18.2 Å². The molecule has 166 valence electrons. The van der Waals surface area contributed by atoms with Gasteiger partial charge in [0.25, 0.3) is 5.91 Å². The van der Waals surface area contributed by atoms with Crippen molar-refractivity contribution >= 4 is 24.0 Å². The van der Waals surface area contributed by atoms with Gasteiger partial charge >= 0.3 is 5.97 Å². The van der Waals surface area contributed by atoms with E-state index in [4.69, 9.17) is 9.47 Å². The van der Waals surface area contributed by atoms with Gasteiger partial charge in [-0.1, -0.05) is 47.6 Å². The van der Waals surface area contributed by atoms with Gasteiger partial charge in [-0.05, 0) is 42.2 Å². The first-order valence-electron chi connectivity index (χ1n) is 10.4. The van der Waals surface area contributed by atoms with Crippen molar-refractivity contribution in [1.82, 2.24) is 5.32 Å². The highest BCUT2D eigenvalue weighted by Crippen LogP contribution is 2.45. The molecule has 1 aromatic carbocycles. The van der Waals surface area contributed by atoms with Crippen LogP contribution in [0.5, 0.6) is 5.75 Å². The van der Waals surface area contributed by atoms with Gasteiger partial charge in [0.05, 0.1) is 17.2 Å².